The molecule has 0 aromatic heterocycles. The van der Waals surface area contributed by atoms with E-state index < -0.39 is 10.0 Å². The molecule has 0 spiro atoms. The maximum Gasteiger partial charge on any atom is 0.264 e. The van der Waals surface area contributed by atoms with E-state index in [0.29, 0.717) is 5.02 Å². The summed E-state index contributed by atoms with van der Waals surface area (Å²) in [5.41, 5.74) is 1.82. The molecule has 1 aliphatic rings. The third-order valence-corrected chi connectivity index (χ3v) is 5.66. The summed E-state index contributed by atoms with van der Waals surface area (Å²) in [5.74, 6) is 0. The Morgan fingerprint density at radius 1 is 1.15 bits per heavy atom. The summed E-state index contributed by atoms with van der Waals surface area (Å²) in [6, 6.07) is 13.9. The fraction of sp³-hybridized carbons (Fsp3) is 0.200. The Bertz CT molecular complexity index is 758. The summed E-state index contributed by atoms with van der Waals surface area (Å²) >= 11 is 5.91. The van der Waals surface area contributed by atoms with Crippen molar-refractivity contribution in [2.75, 3.05) is 4.31 Å². The molecule has 3 nitrogen and oxygen atoms in total. The van der Waals surface area contributed by atoms with Crippen molar-refractivity contribution in [3.05, 3.63) is 59.1 Å². The van der Waals surface area contributed by atoms with E-state index in [4.69, 9.17) is 11.6 Å². The number of benzene rings is 2. The highest BCUT2D eigenvalue weighted by Crippen LogP contribution is 2.36. The van der Waals surface area contributed by atoms with Gasteiger partial charge < -0.3 is 0 Å². The first-order chi connectivity index (χ1) is 9.50. The second kappa shape index (κ2) is 4.79. The van der Waals surface area contributed by atoms with Crippen molar-refractivity contribution in [1.82, 2.24) is 0 Å². The Morgan fingerprint density at radius 3 is 2.65 bits per heavy atom. The van der Waals surface area contributed by atoms with Crippen LogP contribution in [0.15, 0.2) is 53.4 Å². The lowest BCUT2D eigenvalue weighted by atomic mass is 10.1. The highest BCUT2D eigenvalue weighted by Gasteiger charge is 2.35. The molecule has 0 aliphatic carbocycles. The van der Waals surface area contributed by atoms with E-state index in [1.165, 1.54) is 10.4 Å². The maximum atomic E-state index is 12.8. The van der Waals surface area contributed by atoms with Gasteiger partial charge in [0.05, 0.1) is 10.6 Å². The average Bonchev–Trinajstić information content (AvgIpc) is 2.75. The van der Waals surface area contributed by atoms with Gasteiger partial charge in [-0.05, 0) is 43.2 Å². The molecule has 104 valence electrons. The van der Waals surface area contributed by atoms with Crippen LogP contribution in [-0.2, 0) is 16.4 Å². The van der Waals surface area contributed by atoms with Gasteiger partial charge in [0.2, 0.25) is 0 Å². The van der Waals surface area contributed by atoms with Crippen molar-refractivity contribution < 1.29 is 8.42 Å². The molecule has 0 saturated heterocycles. The smallest absolute Gasteiger partial charge is 0.263 e. The number of hydrogen-bond acceptors (Lipinski definition) is 2. The number of sulfonamides is 1. The number of halogens is 1. The molecule has 1 atom stereocenters. The van der Waals surface area contributed by atoms with E-state index in [-0.39, 0.29) is 10.9 Å². The molecule has 0 amide bonds. The van der Waals surface area contributed by atoms with Gasteiger partial charge in [0.15, 0.2) is 0 Å². The lowest BCUT2D eigenvalue weighted by Crippen LogP contribution is -2.35. The number of para-hydroxylation sites is 1. The van der Waals surface area contributed by atoms with Gasteiger partial charge in [-0.25, -0.2) is 8.42 Å². The van der Waals surface area contributed by atoms with Crippen molar-refractivity contribution in [2.24, 2.45) is 0 Å². The number of hydrogen-bond donors (Lipinski definition) is 0. The molecule has 0 fully saturated rings. The molecule has 1 unspecified atom stereocenters. The zero-order valence-corrected chi connectivity index (χ0v) is 12.5. The number of nitrogens with zero attached hydrogens (tertiary/aromatic N) is 1. The Balaban J connectivity index is 2.13. The lowest BCUT2D eigenvalue weighted by molar-refractivity contribution is 0.584. The summed E-state index contributed by atoms with van der Waals surface area (Å²) in [6.45, 7) is 1.92. The monoisotopic (exact) mass is 307 g/mol. The van der Waals surface area contributed by atoms with Gasteiger partial charge in [0, 0.05) is 11.1 Å². The van der Waals surface area contributed by atoms with Crippen molar-refractivity contribution >= 4 is 27.3 Å². The maximum absolute atomic E-state index is 12.8. The van der Waals surface area contributed by atoms with Crippen molar-refractivity contribution in [3.8, 4) is 0 Å². The topological polar surface area (TPSA) is 37.4 Å². The summed E-state index contributed by atoms with van der Waals surface area (Å²) in [4.78, 5) is 0.230. The van der Waals surface area contributed by atoms with Crippen LogP contribution >= 0.6 is 11.6 Å². The number of rotatable bonds is 2. The highest BCUT2D eigenvalue weighted by atomic mass is 35.5. The fourth-order valence-corrected chi connectivity index (χ4v) is 4.64. The van der Waals surface area contributed by atoms with Crippen molar-refractivity contribution in [2.45, 2.75) is 24.3 Å². The molecule has 0 saturated carbocycles. The zero-order chi connectivity index (χ0) is 14.3. The first kappa shape index (κ1) is 13.5. The average molecular weight is 308 g/mol. The molecule has 0 bridgehead atoms. The molecule has 5 heteroatoms. The minimum atomic E-state index is -3.57. The summed E-state index contributed by atoms with van der Waals surface area (Å²) in [5, 5.41) is 0.422. The van der Waals surface area contributed by atoms with Gasteiger partial charge in [-0.2, -0.15) is 0 Å². The van der Waals surface area contributed by atoms with Crippen LogP contribution in [0.2, 0.25) is 5.02 Å². The zero-order valence-electron chi connectivity index (χ0n) is 11.0. The van der Waals surface area contributed by atoms with Crippen LogP contribution in [0, 0.1) is 0 Å². The fourth-order valence-electron chi connectivity index (χ4n) is 2.64. The van der Waals surface area contributed by atoms with Crippen LogP contribution in [0.3, 0.4) is 0 Å². The number of anilines is 1. The molecule has 0 N–H and O–H groups in total. The van der Waals surface area contributed by atoms with E-state index in [2.05, 4.69) is 0 Å². The van der Waals surface area contributed by atoms with E-state index in [9.17, 15) is 8.42 Å². The highest BCUT2D eigenvalue weighted by molar-refractivity contribution is 7.92. The predicted molar refractivity (Wildman–Crippen MR) is 80.7 cm³/mol. The van der Waals surface area contributed by atoms with Crippen LogP contribution in [0.5, 0.6) is 0 Å². The molecule has 2 aromatic rings. The van der Waals surface area contributed by atoms with Crippen LogP contribution in [0.4, 0.5) is 5.69 Å². The van der Waals surface area contributed by atoms with Crippen LogP contribution < -0.4 is 4.31 Å². The van der Waals surface area contributed by atoms with Gasteiger partial charge >= 0.3 is 0 Å². The van der Waals surface area contributed by atoms with E-state index >= 15 is 0 Å². The Labute approximate surface area is 123 Å². The molecule has 20 heavy (non-hydrogen) atoms. The van der Waals surface area contributed by atoms with E-state index in [1.54, 1.807) is 18.2 Å². The molecular weight excluding hydrogens is 294 g/mol. The second-order valence-electron chi connectivity index (χ2n) is 4.94. The van der Waals surface area contributed by atoms with Gasteiger partial charge in [-0.15, -0.1) is 0 Å². The van der Waals surface area contributed by atoms with Gasteiger partial charge in [0.25, 0.3) is 10.0 Å². The third-order valence-electron chi connectivity index (χ3n) is 3.50. The molecule has 0 radical (unpaired) electrons. The number of fused-ring (bicyclic) bond motifs is 1. The van der Waals surface area contributed by atoms with E-state index in [0.717, 1.165) is 17.7 Å². The first-order valence-electron chi connectivity index (χ1n) is 6.38. The van der Waals surface area contributed by atoms with Crippen LogP contribution in [-0.4, -0.2) is 14.5 Å². The quantitative estimate of drug-likeness (QED) is 0.852. The largest absolute Gasteiger partial charge is 0.264 e. The SMILES string of the molecule is CC1Cc2ccccc2N1S(=O)(=O)c1cccc(Cl)c1. The molecular formula is C15H14ClNO2S. The third kappa shape index (κ3) is 2.09. The molecule has 3 rings (SSSR count). The van der Waals surface area contributed by atoms with Crippen LogP contribution in [0.25, 0.3) is 0 Å². The van der Waals surface area contributed by atoms with Gasteiger partial charge in [-0.3, -0.25) is 4.31 Å². The standard InChI is InChI=1S/C15H14ClNO2S/c1-11-9-12-5-2-3-8-15(12)17(11)20(18,19)14-7-4-6-13(16)10-14/h2-8,10-11H,9H2,1H3. The Morgan fingerprint density at radius 2 is 1.90 bits per heavy atom. The van der Waals surface area contributed by atoms with Crippen LogP contribution in [0.1, 0.15) is 12.5 Å². The first-order valence-corrected chi connectivity index (χ1v) is 8.20. The summed E-state index contributed by atoms with van der Waals surface area (Å²) in [7, 11) is -3.57. The van der Waals surface area contributed by atoms with Crippen molar-refractivity contribution in [3.63, 3.8) is 0 Å². The van der Waals surface area contributed by atoms with Gasteiger partial charge in [-0.1, -0.05) is 35.9 Å². The Hall–Kier alpha value is -1.52. The van der Waals surface area contributed by atoms with Gasteiger partial charge in [0.1, 0.15) is 0 Å². The molecule has 2 aromatic carbocycles. The van der Waals surface area contributed by atoms with E-state index in [1.807, 2.05) is 31.2 Å². The summed E-state index contributed by atoms with van der Waals surface area (Å²) < 4.78 is 27.1. The minimum Gasteiger partial charge on any atom is -0.263 e. The normalized spacial score (nSPS) is 18.1. The minimum absolute atomic E-state index is 0.0867. The molecule has 1 heterocycles. The molecule has 1 aliphatic heterocycles. The summed E-state index contributed by atoms with van der Waals surface area (Å²) in [6.07, 6.45) is 0.732. The van der Waals surface area contributed by atoms with Crippen molar-refractivity contribution in [1.29, 1.82) is 0 Å². The lowest BCUT2D eigenvalue weighted by Gasteiger charge is -2.24. The Kier molecular flexibility index (Phi) is 3.22. The second-order valence-corrected chi connectivity index (χ2v) is 7.19. The predicted octanol–water partition coefficient (Wildman–Crippen LogP) is 3.48.